The van der Waals surface area contributed by atoms with Crippen LogP contribution in [0, 0.1) is 0 Å². The van der Waals surface area contributed by atoms with Crippen LogP contribution >= 0.6 is 0 Å². The Morgan fingerprint density at radius 2 is 0.851 bits per heavy atom. The second kappa shape index (κ2) is 15.8. The first-order valence-corrected chi connectivity index (χ1v) is 23.1. The summed E-state index contributed by atoms with van der Waals surface area (Å²) in [5.74, 6) is 0. The Kier molecular flexibility index (Phi) is 9.11. The normalized spacial score (nSPS) is 12.6. The van der Waals surface area contributed by atoms with Crippen molar-refractivity contribution in [3.8, 4) is 44.5 Å². The van der Waals surface area contributed by atoms with Crippen LogP contribution in [0.25, 0.3) is 77.2 Å². The van der Waals surface area contributed by atoms with Crippen LogP contribution in [0.2, 0.25) is 0 Å². The van der Waals surface area contributed by atoms with Gasteiger partial charge in [-0.05, 0) is 114 Å². The number of hydrogen-bond donors (Lipinski definition) is 0. The molecule has 0 fully saturated rings. The van der Waals surface area contributed by atoms with E-state index in [9.17, 15) is 0 Å². The smallest absolute Gasteiger partial charge is 0.136 e. The molecule has 0 bridgehead atoms. The highest BCUT2D eigenvalue weighted by atomic mass is 16.3. The molecule has 1 aliphatic carbocycles. The summed E-state index contributed by atoms with van der Waals surface area (Å²) in [5, 5.41) is 4.70. The average Bonchev–Trinajstić information content (AvgIpc) is 3.93. The fourth-order valence-corrected chi connectivity index (χ4v) is 11.0. The molecule has 12 aromatic rings. The first-order valence-electron chi connectivity index (χ1n) is 23.1. The molecule has 1 heterocycles. The topological polar surface area (TPSA) is 16.4 Å². The molecule has 11 aromatic carbocycles. The zero-order valence-electron chi connectivity index (χ0n) is 36.7. The number of benzene rings is 11. The van der Waals surface area contributed by atoms with Gasteiger partial charge in [0, 0.05) is 27.7 Å². The fraction of sp³-hybridized carbons (Fsp3) is 0.0154. The summed E-state index contributed by atoms with van der Waals surface area (Å²) in [6.45, 7) is 0. The van der Waals surface area contributed by atoms with E-state index in [0.29, 0.717) is 0 Å². The Labute approximate surface area is 390 Å². The highest BCUT2D eigenvalue weighted by Gasteiger charge is 2.46. The van der Waals surface area contributed by atoms with Crippen molar-refractivity contribution in [2.45, 2.75) is 5.41 Å². The third-order valence-corrected chi connectivity index (χ3v) is 14.0. The van der Waals surface area contributed by atoms with Crippen LogP contribution in [0.5, 0.6) is 0 Å². The van der Waals surface area contributed by atoms with E-state index in [1.54, 1.807) is 0 Å². The van der Waals surface area contributed by atoms with Gasteiger partial charge in [-0.3, -0.25) is 0 Å². The zero-order valence-corrected chi connectivity index (χ0v) is 36.7. The van der Waals surface area contributed by atoms with Gasteiger partial charge in [0.05, 0.1) is 11.1 Å². The van der Waals surface area contributed by atoms with Gasteiger partial charge >= 0.3 is 0 Å². The summed E-state index contributed by atoms with van der Waals surface area (Å²) in [5.41, 5.74) is 18.9. The Hall–Kier alpha value is -8.72. The minimum Gasteiger partial charge on any atom is -0.456 e. The van der Waals surface area contributed by atoms with E-state index in [2.05, 4.69) is 260 Å². The van der Waals surface area contributed by atoms with Gasteiger partial charge in [-0.15, -0.1) is 0 Å². The molecule has 0 saturated carbocycles. The molecule has 0 N–H and O–H groups in total. The van der Waals surface area contributed by atoms with Crippen molar-refractivity contribution in [3.05, 3.63) is 283 Å². The molecule has 13 rings (SSSR count). The van der Waals surface area contributed by atoms with Crippen molar-refractivity contribution < 1.29 is 4.42 Å². The Balaban J connectivity index is 1.08. The molecule has 0 spiro atoms. The Morgan fingerprint density at radius 3 is 1.64 bits per heavy atom. The van der Waals surface area contributed by atoms with Gasteiger partial charge < -0.3 is 9.32 Å². The van der Waals surface area contributed by atoms with Gasteiger partial charge in [0.15, 0.2) is 0 Å². The van der Waals surface area contributed by atoms with Crippen molar-refractivity contribution in [1.29, 1.82) is 0 Å². The highest BCUT2D eigenvalue weighted by Crippen LogP contribution is 2.57. The second-order valence-corrected chi connectivity index (χ2v) is 17.5. The Morgan fingerprint density at radius 1 is 0.313 bits per heavy atom. The van der Waals surface area contributed by atoms with E-state index in [1.165, 1.54) is 49.7 Å². The van der Waals surface area contributed by atoms with Gasteiger partial charge in [-0.1, -0.05) is 218 Å². The van der Waals surface area contributed by atoms with Gasteiger partial charge in [0.2, 0.25) is 0 Å². The molecule has 2 nitrogen and oxygen atoms in total. The van der Waals surface area contributed by atoms with Gasteiger partial charge in [0.25, 0.3) is 0 Å². The van der Waals surface area contributed by atoms with Gasteiger partial charge in [-0.2, -0.15) is 0 Å². The number of hydrogen-bond acceptors (Lipinski definition) is 2. The lowest BCUT2D eigenvalue weighted by Crippen LogP contribution is -2.28. The minimum atomic E-state index is -0.556. The monoisotopic (exact) mass is 853 g/mol. The number of furan rings is 1. The van der Waals surface area contributed by atoms with E-state index in [1.807, 2.05) is 6.07 Å². The fourth-order valence-electron chi connectivity index (χ4n) is 11.0. The van der Waals surface area contributed by atoms with Gasteiger partial charge in [0.1, 0.15) is 11.2 Å². The highest BCUT2D eigenvalue weighted by molar-refractivity contribution is 6.12. The maximum absolute atomic E-state index is 6.35. The molecule has 0 amide bonds. The van der Waals surface area contributed by atoms with E-state index < -0.39 is 5.41 Å². The minimum absolute atomic E-state index is 0.556. The number of para-hydroxylation sites is 1. The molecule has 0 saturated heterocycles. The summed E-state index contributed by atoms with van der Waals surface area (Å²) in [4.78, 5) is 2.48. The molecule has 314 valence electrons. The lowest BCUT2D eigenvalue weighted by Gasteiger charge is -2.35. The van der Waals surface area contributed by atoms with E-state index >= 15 is 0 Å². The van der Waals surface area contributed by atoms with Crippen molar-refractivity contribution in [3.63, 3.8) is 0 Å². The van der Waals surface area contributed by atoms with Crippen LogP contribution in [0.4, 0.5) is 17.1 Å². The second-order valence-electron chi connectivity index (χ2n) is 17.5. The summed E-state index contributed by atoms with van der Waals surface area (Å²) in [6, 6.07) is 95.3. The summed E-state index contributed by atoms with van der Waals surface area (Å²) in [7, 11) is 0. The predicted octanol–water partition coefficient (Wildman–Crippen LogP) is 17.6. The van der Waals surface area contributed by atoms with Crippen molar-refractivity contribution in [1.82, 2.24) is 0 Å². The van der Waals surface area contributed by atoms with Crippen LogP contribution < -0.4 is 4.90 Å². The number of fused-ring (bicyclic) bond motifs is 7. The summed E-state index contributed by atoms with van der Waals surface area (Å²) in [6.07, 6.45) is 0. The SMILES string of the molecule is c1ccc(-c2ccc(-c3cccc4ccccc34)cc2N(c2ccc(-c3cccc4oc5ccccc5c34)cc2)c2ccc3c(c2)C(c2ccccc2)(c2ccccc2)c2ccccc2-3)cc1. The predicted molar refractivity (Wildman–Crippen MR) is 280 cm³/mol. The molecular formula is C65H43NO. The van der Waals surface area contributed by atoms with Crippen molar-refractivity contribution in [2.75, 3.05) is 4.90 Å². The molecule has 67 heavy (non-hydrogen) atoms. The van der Waals surface area contributed by atoms with Crippen molar-refractivity contribution in [2.24, 2.45) is 0 Å². The molecule has 0 aliphatic heterocycles. The van der Waals surface area contributed by atoms with Crippen LogP contribution in [0.1, 0.15) is 22.3 Å². The first kappa shape index (κ1) is 38.7. The largest absolute Gasteiger partial charge is 0.456 e. The first-order chi connectivity index (χ1) is 33.2. The van der Waals surface area contributed by atoms with Crippen LogP contribution in [-0.2, 0) is 5.41 Å². The third-order valence-electron chi connectivity index (χ3n) is 14.0. The van der Waals surface area contributed by atoms with Crippen LogP contribution in [0.3, 0.4) is 0 Å². The number of anilines is 3. The van der Waals surface area contributed by atoms with E-state index in [4.69, 9.17) is 4.42 Å². The molecule has 2 heteroatoms. The van der Waals surface area contributed by atoms with Crippen LogP contribution in [-0.4, -0.2) is 0 Å². The lowest BCUT2D eigenvalue weighted by atomic mass is 9.67. The quantitative estimate of drug-likeness (QED) is 0.151. The van der Waals surface area contributed by atoms with Gasteiger partial charge in [-0.25, -0.2) is 0 Å². The zero-order chi connectivity index (χ0) is 44.3. The van der Waals surface area contributed by atoms with E-state index in [-0.39, 0.29) is 0 Å². The lowest BCUT2D eigenvalue weighted by molar-refractivity contribution is 0.669. The maximum atomic E-state index is 6.35. The molecule has 0 atom stereocenters. The summed E-state index contributed by atoms with van der Waals surface area (Å²) >= 11 is 0. The Bertz CT molecular complexity index is 3750. The summed E-state index contributed by atoms with van der Waals surface area (Å²) < 4.78 is 6.35. The standard InChI is InChI=1S/C65H43NO/c1-4-18-45(19-5-1)54-40-36-47(53-29-16-21-44-20-10-11-26-52(44)53)42-61(54)66(50-37-34-46(35-38-50)55-30-17-33-63-64(55)58-28-13-15-32-62(58)67-63)51-39-41-57-56-27-12-14-31-59(56)65(60(57)43-51,48-22-6-2-7-23-48)49-24-8-3-9-25-49/h1-43H. The molecule has 1 aromatic heterocycles. The molecule has 0 unspecified atom stereocenters. The maximum Gasteiger partial charge on any atom is 0.136 e. The average molecular weight is 854 g/mol. The number of nitrogens with zero attached hydrogens (tertiary/aromatic N) is 1. The molecule has 0 radical (unpaired) electrons. The van der Waals surface area contributed by atoms with Crippen LogP contribution in [0.15, 0.2) is 265 Å². The third kappa shape index (κ3) is 6.18. The van der Waals surface area contributed by atoms with E-state index in [0.717, 1.165) is 66.8 Å². The molecule has 1 aliphatic rings. The number of rotatable bonds is 8. The van der Waals surface area contributed by atoms with Crippen molar-refractivity contribution >= 4 is 49.8 Å². The molecular weight excluding hydrogens is 811 g/mol.